The van der Waals surface area contributed by atoms with Crippen molar-refractivity contribution in [2.75, 3.05) is 4.90 Å². The van der Waals surface area contributed by atoms with Crippen molar-refractivity contribution in [3.8, 4) is 12.1 Å². The number of hydrogen-bond acceptors (Lipinski definition) is 4. The second-order valence-corrected chi connectivity index (χ2v) is 5.42. The predicted molar refractivity (Wildman–Crippen MR) is 89.2 cm³/mol. The number of benzene rings is 2. The van der Waals surface area contributed by atoms with Gasteiger partial charge in [0.15, 0.2) is 5.57 Å². The van der Waals surface area contributed by atoms with Crippen LogP contribution in [-0.2, 0) is 0 Å². The topological polar surface area (TPSA) is 50.8 Å². The quantitative estimate of drug-likeness (QED) is 0.766. The van der Waals surface area contributed by atoms with Crippen LogP contribution in [0.2, 0.25) is 0 Å². The second kappa shape index (κ2) is 6.22. The van der Waals surface area contributed by atoms with Crippen molar-refractivity contribution < 1.29 is 0 Å². The van der Waals surface area contributed by atoms with Gasteiger partial charge < -0.3 is 4.90 Å². The van der Waals surface area contributed by atoms with Crippen LogP contribution < -0.4 is 4.90 Å². The number of para-hydroxylation sites is 1. The van der Waals surface area contributed by atoms with Crippen LogP contribution >= 0.6 is 11.8 Å². The van der Waals surface area contributed by atoms with Gasteiger partial charge in [-0.15, -0.1) is 0 Å². The molecule has 0 bridgehead atoms. The summed E-state index contributed by atoms with van der Waals surface area (Å²) in [5, 5.41) is 21.1. The molecule has 0 fully saturated rings. The molecule has 1 aliphatic heterocycles. The van der Waals surface area contributed by atoms with Gasteiger partial charge >= 0.3 is 0 Å². The summed E-state index contributed by atoms with van der Waals surface area (Å²) in [6, 6.07) is 23.7. The van der Waals surface area contributed by atoms with Crippen LogP contribution in [0, 0.1) is 22.7 Å². The minimum absolute atomic E-state index is 0.121. The first-order valence-corrected chi connectivity index (χ1v) is 7.55. The molecule has 0 saturated heterocycles. The summed E-state index contributed by atoms with van der Waals surface area (Å²) in [5.74, 6) is 0. The molecule has 0 radical (unpaired) electrons. The average molecular weight is 301 g/mol. The van der Waals surface area contributed by atoms with Gasteiger partial charge in [-0.05, 0) is 17.7 Å². The van der Waals surface area contributed by atoms with Crippen molar-refractivity contribution in [2.45, 2.75) is 0 Å². The van der Waals surface area contributed by atoms with Gasteiger partial charge in [-0.25, -0.2) is 0 Å². The summed E-state index contributed by atoms with van der Waals surface area (Å²) < 4.78 is 0. The maximum Gasteiger partial charge on any atom is 0.160 e. The molecule has 0 spiro atoms. The normalized spacial score (nSPS) is 13.3. The molecule has 22 heavy (non-hydrogen) atoms. The summed E-state index contributed by atoms with van der Waals surface area (Å²) >= 11 is 1.40. The molecule has 0 N–H and O–H groups in total. The number of rotatable bonds is 2. The lowest BCUT2D eigenvalue weighted by Crippen LogP contribution is -2.16. The van der Waals surface area contributed by atoms with Gasteiger partial charge in [0.1, 0.15) is 17.2 Å². The Morgan fingerprint density at radius 1 is 0.864 bits per heavy atom. The van der Waals surface area contributed by atoms with Crippen LogP contribution in [0.5, 0.6) is 0 Å². The van der Waals surface area contributed by atoms with Gasteiger partial charge in [0.05, 0.1) is 5.70 Å². The summed E-state index contributed by atoms with van der Waals surface area (Å²) in [6.45, 7) is 0. The van der Waals surface area contributed by atoms with Crippen LogP contribution in [0.25, 0.3) is 5.70 Å². The third kappa shape index (κ3) is 2.48. The maximum atomic E-state index is 9.21. The first-order chi connectivity index (χ1) is 10.8. The fourth-order valence-electron chi connectivity index (χ4n) is 2.26. The zero-order chi connectivity index (χ0) is 15.4. The molecule has 104 valence electrons. The Bertz CT molecular complexity index is 808. The van der Waals surface area contributed by atoms with Crippen LogP contribution in [-0.4, -0.2) is 0 Å². The predicted octanol–water partition coefficient (Wildman–Crippen LogP) is 4.50. The Kier molecular flexibility index (Phi) is 3.96. The SMILES string of the molecule is N#CC(C#N)=C1SC=C(c2ccccc2)N1c1ccccc1. The van der Waals surface area contributed by atoms with Gasteiger partial charge in [0.25, 0.3) is 0 Å². The second-order valence-electron chi connectivity index (χ2n) is 4.56. The van der Waals surface area contributed by atoms with Gasteiger partial charge in [-0.3, -0.25) is 0 Å². The number of thioether (sulfide) groups is 1. The zero-order valence-electron chi connectivity index (χ0n) is 11.6. The fraction of sp³-hybridized carbons (Fsp3) is 0. The van der Waals surface area contributed by atoms with Gasteiger partial charge in [0, 0.05) is 11.1 Å². The highest BCUT2D eigenvalue weighted by Gasteiger charge is 2.27. The largest absolute Gasteiger partial charge is 0.302 e. The number of hydrogen-bond donors (Lipinski definition) is 0. The average Bonchev–Trinajstić information content (AvgIpc) is 3.02. The fourth-order valence-corrected chi connectivity index (χ4v) is 3.24. The van der Waals surface area contributed by atoms with Crippen molar-refractivity contribution in [3.63, 3.8) is 0 Å². The van der Waals surface area contributed by atoms with E-state index in [1.807, 2.05) is 83.1 Å². The van der Waals surface area contributed by atoms with E-state index in [0.717, 1.165) is 16.9 Å². The lowest BCUT2D eigenvalue weighted by molar-refractivity contribution is 1.27. The minimum atomic E-state index is 0.121. The van der Waals surface area contributed by atoms with E-state index in [9.17, 15) is 10.5 Å². The molecule has 1 heterocycles. The molecule has 0 saturated carbocycles. The molecule has 0 aromatic heterocycles. The Morgan fingerprint density at radius 3 is 2.05 bits per heavy atom. The van der Waals surface area contributed by atoms with Crippen molar-refractivity contribution in [1.82, 2.24) is 0 Å². The van der Waals surface area contributed by atoms with Crippen molar-refractivity contribution in [3.05, 3.63) is 82.2 Å². The van der Waals surface area contributed by atoms with E-state index in [2.05, 4.69) is 0 Å². The Hall–Kier alpha value is -2.95. The molecule has 2 aromatic carbocycles. The van der Waals surface area contributed by atoms with Crippen LogP contribution in [0.3, 0.4) is 0 Å². The van der Waals surface area contributed by atoms with Crippen molar-refractivity contribution >= 4 is 23.1 Å². The van der Waals surface area contributed by atoms with E-state index >= 15 is 0 Å². The monoisotopic (exact) mass is 301 g/mol. The number of nitriles is 2. The molecule has 0 aliphatic carbocycles. The third-order valence-electron chi connectivity index (χ3n) is 3.25. The highest BCUT2D eigenvalue weighted by Crippen LogP contribution is 2.44. The van der Waals surface area contributed by atoms with E-state index in [0.29, 0.717) is 5.03 Å². The molecule has 0 atom stereocenters. The minimum Gasteiger partial charge on any atom is -0.302 e. The lowest BCUT2D eigenvalue weighted by Gasteiger charge is -2.23. The van der Waals surface area contributed by atoms with Crippen LogP contribution in [0.1, 0.15) is 5.56 Å². The lowest BCUT2D eigenvalue weighted by atomic mass is 10.1. The molecule has 4 heteroatoms. The van der Waals surface area contributed by atoms with Crippen LogP contribution in [0.4, 0.5) is 5.69 Å². The third-order valence-corrected chi connectivity index (χ3v) is 4.20. The highest BCUT2D eigenvalue weighted by atomic mass is 32.2. The Morgan fingerprint density at radius 2 is 1.45 bits per heavy atom. The molecular weight excluding hydrogens is 290 g/mol. The number of nitrogens with zero attached hydrogens (tertiary/aromatic N) is 3. The van der Waals surface area contributed by atoms with Gasteiger partial charge in [-0.1, -0.05) is 60.3 Å². The van der Waals surface area contributed by atoms with E-state index in [-0.39, 0.29) is 5.57 Å². The standard InChI is InChI=1S/C18H11N3S/c19-11-15(12-20)18-21(16-9-5-2-6-10-16)17(13-22-18)14-7-3-1-4-8-14/h1-10,13H. The van der Waals surface area contributed by atoms with Crippen molar-refractivity contribution in [1.29, 1.82) is 10.5 Å². The molecule has 0 amide bonds. The van der Waals surface area contributed by atoms with E-state index in [1.54, 1.807) is 0 Å². The molecule has 3 nitrogen and oxygen atoms in total. The molecule has 0 unspecified atom stereocenters. The van der Waals surface area contributed by atoms with Gasteiger partial charge in [0.2, 0.25) is 0 Å². The highest BCUT2D eigenvalue weighted by molar-refractivity contribution is 8.06. The first-order valence-electron chi connectivity index (χ1n) is 6.67. The molecule has 1 aliphatic rings. The summed E-state index contributed by atoms with van der Waals surface area (Å²) in [6.07, 6.45) is 0. The van der Waals surface area contributed by atoms with E-state index < -0.39 is 0 Å². The smallest absolute Gasteiger partial charge is 0.160 e. The Labute approximate surface area is 133 Å². The molecule has 3 rings (SSSR count). The Balaban J connectivity index is 2.15. The number of allylic oxidation sites excluding steroid dienone is 1. The van der Waals surface area contributed by atoms with Gasteiger partial charge in [-0.2, -0.15) is 10.5 Å². The van der Waals surface area contributed by atoms with Crippen LogP contribution in [0.15, 0.2) is 76.7 Å². The summed E-state index contributed by atoms with van der Waals surface area (Å²) in [7, 11) is 0. The first kappa shape index (κ1) is 14.0. The van der Waals surface area contributed by atoms with Crippen molar-refractivity contribution in [2.24, 2.45) is 0 Å². The molecule has 2 aromatic rings. The molecular formula is C18H11N3S. The van der Waals surface area contributed by atoms with E-state index in [1.165, 1.54) is 11.8 Å². The summed E-state index contributed by atoms with van der Waals surface area (Å²) in [5.41, 5.74) is 3.07. The van der Waals surface area contributed by atoms with E-state index in [4.69, 9.17) is 0 Å². The zero-order valence-corrected chi connectivity index (χ0v) is 12.4. The number of anilines is 1. The summed E-state index contributed by atoms with van der Waals surface area (Å²) in [4.78, 5) is 1.96. The maximum absolute atomic E-state index is 9.21.